The summed E-state index contributed by atoms with van der Waals surface area (Å²) < 4.78 is 1.70. The van der Waals surface area contributed by atoms with E-state index >= 15 is 0 Å². The van der Waals surface area contributed by atoms with Crippen LogP contribution in [-0.4, -0.2) is 33.0 Å². The number of ketones is 2. The molecule has 7 heteroatoms. The first-order valence-corrected chi connectivity index (χ1v) is 12.0. The van der Waals surface area contributed by atoms with E-state index in [-0.39, 0.29) is 35.2 Å². The summed E-state index contributed by atoms with van der Waals surface area (Å²) in [6.45, 7) is 12.7. The van der Waals surface area contributed by atoms with Crippen molar-refractivity contribution in [2.24, 2.45) is 16.6 Å². The van der Waals surface area contributed by atoms with Crippen LogP contribution in [-0.2, 0) is 11.2 Å². The molecule has 36 heavy (non-hydrogen) atoms. The molecule has 190 valence electrons. The van der Waals surface area contributed by atoms with Crippen LogP contribution in [0, 0.1) is 10.8 Å². The highest BCUT2D eigenvalue weighted by molar-refractivity contribution is 6.15. The van der Waals surface area contributed by atoms with Crippen LogP contribution in [0.2, 0.25) is 0 Å². The van der Waals surface area contributed by atoms with Crippen molar-refractivity contribution in [3.05, 3.63) is 76.1 Å². The molecular weight excluding hydrogens is 456 g/mol. The molecule has 0 radical (unpaired) electrons. The number of carboxylic acids is 1. The summed E-state index contributed by atoms with van der Waals surface area (Å²) in [4.78, 5) is 51.3. The predicted octanol–water partition coefficient (Wildman–Crippen LogP) is 5.27. The Hall–Kier alpha value is -3.74. The molecule has 0 saturated carbocycles. The lowest BCUT2D eigenvalue weighted by molar-refractivity contribution is -0.146. The Balaban J connectivity index is 2.42. The van der Waals surface area contributed by atoms with Crippen molar-refractivity contribution >= 4 is 29.0 Å². The van der Waals surface area contributed by atoms with Gasteiger partial charge in [0.15, 0.2) is 5.78 Å². The number of carboxylic acid groups (broad SMARTS) is 1. The Labute approximate surface area is 211 Å². The Morgan fingerprint density at radius 2 is 1.50 bits per heavy atom. The van der Waals surface area contributed by atoms with Gasteiger partial charge < -0.3 is 15.2 Å². The molecule has 1 aromatic carbocycles. The molecule has 2 heterocycles. The molecule has 0 atom stereocenters. The van der Waals surface area contributed by atoms with Crippen molar-refractivity contribution in [3.8, 4) is 0 Å². The average molecular weight is 491 g/mol. The fourth-order valence-corrected chi connectivity index (χ4v) is 4.17. The van der Waals surface area contributed by atoms with Gasteiger partial charge in [-0.25, -0.2) is 0 Å². The Bertz CT molecular complexity index is 1370. The highest BCUT2D eigenvalue weighted by atomic mass is 16.4. The lowest BCUT2D eigenvalue weighted by Gasteiger charge is -2.22. The van der Waals surface area contributed by atoms with Gasteiger partial charge in [-0.05, 0) is 61.6 Å². The van der Waals surface area contributed by atoms with E-state index in [9.17, 15) is 24.3 Å². The zero-order chi connectivity index (χ0) is 27.2. The summed E-state index contributed by atoms with van der Waals surface area (Å²) >= 11 is 0. The van der Waals surface area contributed by atoms with E-state index < -0.39 is 22.7 Å². The number of pyridine rings is 1. The zero-order valence-electron chi connectivity index (χ0n) is 21.9. The topological polar surface area (TPSA) is 119 Å². The van der Waals surface area contributed by atoms with Crippen molar-refractivity contribution < 1.29 is 24.3 Å². The minimum atomic E-state index is -1.23. The van der Waals surface area contributed by atoms with E-state index in [1.807, 2.05) is 26.0 Å². The summed E-state index contributed by atoms with van der Waals surface area (Å²) in [7, 11) is 0. The first kappa shape index (κ1) is 26.9. The van der Waals surface area contributed by atoms with Gasteiger partial charge in [0, 0.05) is 28.3 Å². The Kier molecular flexibility index (Phi) is 6.99. The summed E-state index contributed by atoms with van der Waals surface area (Å²) in [6.07, 6.45) is 1.75. The Morgan fingerprint density at radius 3 is 1.97 bits per heavy atom. The van der Waals surface area contributed by atoms with Crippen LogP contribution in [0.15, 0.2) is 42.6 Å². The minimum Gasteiger partial charge on any atom is -0.481 e. The number of carbonyl (C=O) groups excluding carboxylic acids is 3. The molecule has 1 amide bonds. The number of primary amides is 1. The van der Waals surface area contributed by atoms with E-state index in [2.05, 4.69) is 0 Å². The smallest absolute Gasteiger partial charge is 0.309 e. The van der Waals surface area contributed by atoms with Gasteiger partial charge in [0.05, 0.1) is 16.6 Å². The molecular formula is C29H34N2O5. The summed E-state index contributed by atoms with van der Waals surface area (Å²) in [5, 5.41) is 9.89. The van der Waals surface area contributed by atoms with Gasteiger partial charge in [0.25, 0.3) is 0 Å². The van der Waals surface area contributed by atoms with E-state index in [1.165, 1.54) is 24.3 Å². The largest absolute Gasteiger partial charge is 0.481 e. The number of rotatable bonds is 8. The van der Waals surface area contributed by atoms with Crippen molar-refractivity contribution in [2.45, 2.75) is 60.8 Å². The third-order valence-electron chi connectivity index (χ3n) is 6.48. The molecule has 0 saturated heterocycles. The maximum absolute atomic E-state index is 13.9. The number of aromatic nitrogens is 1. The molecule has 7 nitrogen and oxygen atoms in total. The maximum Gasteiger partial charge on any atom is 0.309 e. The molecule has 3 aromatic rings. The summed E-state index contributed by atoms with van der Waals surface area (Å²) in [6, 6.07) is 9.80. The number of nitrogens with two attached hydrogens (primary N) is 1. The molecule has 0 unspecified atom stereocenters. The number of hydrogen-bond acceptors (Lipinski definition) is 4. The van der Waals surface area contributed by atoms with Gasteiger partial charge in [-0.2, -0.15) is 0 Å². The molecule has 0 aliphatic carbocycles. The monoisotopic (exact) mass is 490 g/mol. The quantitative estimate of drug-likeness (QED) is 0.417. The predicted molar refractivity (Wildman–Crippen MR) is 139 cm³/mol. The van der Waals surface area contributed by atoms with E-state index in [1.54, 1.807) is 45.2 Å². The van der Waals surface area contributed by atoms with Gasteiger partial charge in [-0.1, -0.05) is 46.8 Å². The zero-order valence-corrected chi connectivity index (χ0v) is 21.9. The lowest BCUT2D eigenvalue weighted by atomic mass is 9.79. The minimum absolute atomic E-state index is 0.0153. The van der Waals surface area contributed by atoms with Crippen LogP contribution < -0.4 is 5.73 Å². The third kappa shape index (κ3) is 4.96. The highest BCUT2D eigenvalue weighted by Gasteiger charge is 2.37. The van der Waals surface area contributed by atoms with Crippen LogP contribution in [0.25, 0.3) is 5.52 Å². The first-order chi connectivity index (χ1) is 16.6. The van der Waals surface area contributed by atoms with Crippen LogP contribution in [0.5, 0.6) is 0 Å². The van der Waals surface area contributed by atoms with E-state index in [0.717, 1.165) is 5.56 Å². The molecule has 0 aliphatic heterocycles. The van der Waals surface area contributed by atoms with Crippen LogP contribution in [0.4, 0.5) is 0 Å². The van der Waals surface area contributed by atoms with Crippen LogP contribution >= 0.6 is 0 Å². The van der Waals surface area contributed by atoms with Crippen LogP contribution in [0.1, 0.15) is 102 Å². The average Bonchev–Trinajstić information content (AvgIpc) is 3.09. The number of aliphatic carboxylic acids is 1. The molecule has 0 spiro atoms. The number of fused-ring (bicyclic) bond motifs is 1. The summed E-state index contributed by atoms with van der Waals surface area (Å²) in [5.74, 6) is -1.99. The number of amides is 1. The van der Waals surface area contributed by atoms with Gasteiger partial charge in [-0.3, -0.25) is 19.2 Å². The van der Waals surface area contributed by atoms with Crippen molar-refractivity contribution in [1.29, 1.82) is 0 Å². The molecule has 0 aliphatic rings. The third-order valence-corrected chi connectivity index (χ3v) is 6.48. The lowest BCUT2D eigenvalue weighted by Crippen LogP contribution is -2.29. The van der Waals surface area contributed by atoms with Crippen molar-refractivity contribution in [3.63, 3.8) is 0 Å². The van der Waals surface area contributed by atoms with Gasteiger partial charge in [-0.15, -0.1) is 0 Å². The number of Topliss-reactive ketones (excluding diaryl/α,β-unsaturated/α-hetero) is 1. The molecule has 0 fully saturated rings. The van der Waals surface area contributed by atoms with Gasteiger partial charge >= 0.3 is 5.97 Å². The van der Waals surface area contributed by atoms with Crippen molar-refractivity contribution in [1.82, 2.24) is 4.40 Å². The fraction of sp³-hybridized carbons (Fsp3) is 0.379. The van der Waals surface area contributed by atoms with Gasteiger partial charge in [0.1, 0.15) is 0 Å². The number of hydrogen-bond donors (Lipinski definition) is 2. The Morgan fingerprint density at radius 1 is 0.944 bits per heavy atom. The molecule has 2 aromatic heterocycles. The normalized spacial score (nSPS) is 12.2. The SMILES string of the molecule is CC(C)c1ccn2c(C(=O)c3ccc(C(N)=O)cc3)c(CC(C)(C)C(=O)O)c(C(=O)C(C)(C)C)c2c1. The second-order valence-corrected chi connectivity index (χ2v) is 11.3. The second kappa shape index (κ2) is 9.37. The van der Waals surface area contributed by atoms with Crippen LogP contribution in [0.3, 0.4) is 0 Å². The number of nitrogens with zero attached hydrogens (tertiary/aromatic N) is 1. The second-order valence-electron chi connectivity index (χ2n) is 11.3. The molecule has 3 N–H and O–H groups in total. The standard InChI is InChI=1S/C29H34N2O5/c1-16(2)19-12-13-31-21(14-19)22(25(33)28(3,4)5)20(15-29(6,7)27(35)36)23(31)24(32)17-8-10-18(11-9-17)26(30)34/h8-14,16H,15H2,1-7H3,(H2,30,34)(H,35,36). The molecule has 3 rings (SSSR count). The number of carbonyl (C=O) groups is 4. The number of benzene rings is 1. The first-order valence-electron chi connectivity index (χ1n) is 12.0. The molecule has 0 bridgehead atoms. The van der Waals surface area contributed by atoms with Gasteiger partial charge in [0.2, 0.25) is 11.7 Å². The summed E-state index contributed by atoms with van der Waals surface area (Å²) in [5.41, 5.74) is 6.52. The maximum atomic E-state index is 13.9. The van der Waals surface area contributed by atoms with Crippen molar-refractivity contribution in [2.75, 3.05) is 0 Å². The highest BCUT2D eigenvalue weighted by Crippen LogP contribution is 2.37. The fourth-order valence-electron chi connectivity index (χ4n) is 4.17. The van der Waals surface area contributed by atoms with E-state index in [4.69, 9.17) is 5.73 Å². The van der Waals surface area contributed by atoms with E-state index in [0.29, 0.717) is 22.2 Å².